The Bertz CT molecular complexity index is 868. The van der Waals surface area contributed by atoms with E-state index in [4.69, 9.17) is 16.1 Å². The largest absolute Gasteiger partial charge is 0.360 e. The molecule has 2 heterocycles. The maximum Gasteiger partial charge on any atom is 0.263 e. The van der Waals surface area contributed by atoms with Crippen molar-refractivity contribution in [3.63, 3.8) is 0 Å². The SMILES string of the molecule is Cc1onc(-c2ccc(Cl)cc2)c1C(=O)Nc1nc(C(C)C)cs1. The lowest BCUT2D eigenvalue weighted by atomic mass is 10.1. The molecule has 0 radical (unpaired) electrons. The molecule has 0 atom stereocenters. The van der Waals surface area contributed by atoms with Gasteiger partial charge >= 0.3 is 0 Å². The second-order valence-corrected chi connectivity index (χ2v) is 6.95. The smallest absolute Gasteiger partial charge is 0.263 e. The standard InChI is InChI=1S/C17H16ClN3O2S/c1-9(2)13-8-24-17(19-13)20-16(22)14-10(3)23-21-15(14)11-4-6-12(18)7-5-11/h4-9H,1-3H3,(H,19,20,22). The number of rotatable bonds is 4. The van der Waals surface area contributed by atoms with E-state index in [1.165, 1.54) is 11.3 Å². The Balaban J connectivity index is 1.89. The second kappa shape index (κ2) is 6.75. The number of hydrogen-bond donors (Lipinski definition) is 1. The predicted molar refractivity (Wildman–Crippen MR) is 95.8 cm³/mol. The van der Waals surface area contributed by atoms with Crippen molar-refractivity contribution in [3.8, 4) is 11.3 Å². The molecule has 0 spiro atoms. The molecule has 0 bridgehead atoms. The number of thiazole rings is 1. The van der Waals surface area contributed by atoms with Gasteiger partial charge in [0.25, 0.3) is 5.91 Å². The van der Waals surface area contributed by atoms with Gasteiger partial charge in [-0.05, 0) is 25.0 Å². The van der Waals surface area contributed by atoms with E-state index in [0.29, 0.717) is 33.1 Å². The quantitative estimate of drug-likeness (QED) is 0.698. The second-order valence-electron chi connectivity index (χ2n) is 5.66. The molecular formula is C17H16ClN3O2S. The topological polar surface area (TPSA) is 68.0 Å². The fraction of sp³-hybridized carbons (Fsp3) is 0.235. The van der Waals surface area contributed by atoms with Crippen LogP contribution in [0.3, 0.4) is 0 Å². The van der Waals surface area contributed by atoms with Crippen molar-refractivity contribution in [2.24, 2.45) is 0 Å². The van der Waals surface area contributed by atoms with Gasteiger partial charge < -0.3 is 4.52 Å². The molecule has 1 aromatic carbocycles. The van der Waals surface area contributed by atoms with Gasteiger partial charge in [-0.1, -0.05) is 42.7 Å². The van der Waals surface area contributed by atoms with Crippen LogP contribution in [0.15, 0.2) is 34.2 Å². The van der Waals surface area contributed by atoms with Crippen LogP contribution in [0.1, 0.15) is 41.6 Å². The Kier molecular flexibility index (Phi) is 4.69. The molecule has 5 nitrogen and oxygen atoms in total. The summed E-state index contributed by atoms with van der Waals surface area (Å²) in [5, 5.41) is 9.97. The van der Waals surface area contributed by atoms with Gasteiger partial charge in [0.1, 0.15) is 17.0 Å². The number of anilines is 1. The number of amides is 1. The lowest BCUT2D eigenvalue weighted by molar-refractivity contribution is 0.102. The van der Waals surface area contributed by atoms with Gasteiger partial charge in [0.15, 0.2) is 5.13 Å². The van der Waals surface area contributed by atoms with Crippen LogP contribution in [0.2, 0.25) is 5.02 Å². The van der Waals surface area contributed by atoms with Gasteiger partial charge in [-0.2, -0.15) is 0 Å². The van der Waals surface area contributed by atoms with Crippen LogP contribution in [0.5, 0.6) is 0 Å². The normalized spacial score (nSPS) is 11.0. The minimum Gasteiger partial charge on any atom is -0.360 e. The van der Waals surface area contributed by atoms with E-state index in [1.807, 2.05) is 5.38 Å². The van der Waals surface area contributed by atoms with Crippen molar-refractivity contribution >= 4 is 34.0 Å². The lowest BCUT2D eigenvalue weighted by Gasteiger charge is -2.03. The third kappa shape index (κ3) is 3.34. The summed E-state index contributed by atoms with van der Waals surface area (Å²) in [5.74, 6) is 0.482. The van der Waals surface area contributed by atoms with Gasteiger partial charge in [-0.3, -0.25) is 10.1 Å². The molecule has 0 aliphatic rings. The van der Waals surface area contributed by atoms with Crippen molar-refractivity contribution in [2.45, 2.75) is 26.7 Å². The minimum atomic E-state index is -0.289. The molecule has 0 aliphatic heterocycles. The summed E-state index contributed by atoms with van der Waals surface area (Å²) in [6, 6.07) is 7.10. The highest BCUT2D eigenvalue weighted by Gasteiger charge is 2.22. The number of nitrogens with zero attached hydrogens (tertiary/aromatic N) is 2. The average molecular weight is 362 g/mol. The average Bonchev–Trinajstić information content (AvgIpc) is 3.15. The Labute approximate surface area is 148 Å². The van der Waals surface area contributed by atoms with E-state index in [0.717, 1.165) is 11.3 Å². The first kappa shape index (κ1) is 16.7. The van der Waals surface area contributed by atoms with Crippen molar-refractivity contribution in [1.82, 2.24) is 10.1 Å². The van der Waals surface area contributed by atoms with E-state index < -0.39 is 0 Å². The third-order valence-electron chi connectivity index (χ3n) is 3.54. The first-order valence-corrected chi connectivity index (χ1v) is 8.70. The molecule has 1 amide bonds. The van der Waals surface area contributed by atoms with E-state index in [2.05, 4.69) is 29.3 Å². The van der Waals surface area contributed by atoms with E-state index in [-0.39, 0.29) is 5.91 Å². The Morgan fingerprint density at radius 3 is 2.62 bits per heavy atom. The summed E-state index contributed by atoms with van der Waals surface area (Å²) in [6.45, 7) is 5.83. The van der Waals surface area contributed by atoms with Crippen LogP contribution < -0.4 is 5.32 Å². The molecule has 3 aromatic rings. The molecule has 7 heteroatoms. The number of benzene rings is 1. The number of aryl methyl sites for hydroxylation is 1. The van der Waals surface area contributed by atoms with Crippen molar-refractivity contribution < 1.29 is 9.32 Å². The molecule has 24 heavy (non-hydrogen) atoms. The molecular weight excluding hydrogens is 346 g/mol. The lowest BCUT2D eigenvalue weighted by Crippen LogP contribution is -2.13. The molecule has 0 fully saturated rings. The molecule has 2 aromatic heterocycles. The molecule has 0 unspecified atom stereocenters. The van der Waals surface area contributed by atoms with Crippen LogP contribution in [0.4, 0.5) is 5.13 Å². The number of aromatic nitrogens is 2. The fourth-order valence-corrected chi connectivity index (χ4v) is 3.21. The first-order valence-electron chi connectivity index (χ1n) is 7.44. The summed E-state index contributed by atoms with van der Waals surface area (Å²) < 4.78 is 5.22. The summed E-state index contributed by atoms with van der Waals surface area (Å²) in [7, 11) is 0. The highest BCUT2D eigenvalue weighted by Crippen LogP contribution is 2.28. The Morgan fingerprint density at radius 2 is 2.00 bits per heavy atom. The van der Waals surface area contributed by atoms with Crippen molar-refractivity contribution in [3.05, 3.63) is 51.7 Å². The highest BCUT2D eigenvalue weighted by atomic mass is 35.5. The number of hydrogen-bond acceptors (Lipinski definition) is 5. The summed E-state index contributed by atoms with van der Waals surface area (Å²) in [4.78, 5) is 17.1. The summed E-state index contributed by atoms with van der Waals surface area (Å²) in [5.41, 5.74) is 2.61. The van der Waals surface area contributed by atoms with Crippen molar-refractivity contribution in [1.29, 1.82) is 0 Å². The zero-order chi connectivity index (χ0) is 17.3. The first-order chi connectivity index (χ1) is 11.5. The number of nitrogens with one attached hydrogen (secondary N) is 1. The van der Waals surface area contributed by atoms with Gasteiger partial charge in [0.2, 0.25) is 0 Å². The van der Waals surface area contributed by atoms with E-state index >= 15 is 0 Å². The molecule has 3 rings (SSSR count). The van der Waals surface area contributed by atoms with Crippen LogP contribution in [0.25, 0.3) is 11.3 Å². The maximum absolute atomic E-state index is 12.7. The summed E-state index contributed by atoms with van der Waals surface area (Å²) in [6.07, 6.45) is 0. The van der Waals surface area contributed by atoms with Crippen LogP contribution in [-0.2, 0) is 0 Å². The molecule has 0 saturated heterocycles. The minimum absolute atomic E-state index is 0.289. The highest BCUT2D eigenvalue weighted by molar-refractivity contribution is 7.14. The van der Waals surface area contributed by atoms with Crippen LogP contribution in [0, 0.1) is 6.92 Å². The van der Waals surface area contributed by atoms with Gasteiger partial charge in [0.05, 0.1) is 5.69 Å². The molecule has 0 saturated carbocycles. The van der Waals surface area contributed by atoms with Crippen molar-refractivity contribution in [2.75, 3.05) is 5.32 Å². The van der Waals surface area contributed by atoms with Crippen LogP contribution in [-0.4, -0.2) is 16.0 Å². The van der Waals surface area contributed by atoms with Gasteiger partial charge in [0, 0.05) is 16.0 Å². The predicted octanol–water partition coefficient (Wildman–Crippen LogP) is 5.14. The number of carbonyl (C=O) groups excluding carboxylic acids is 1. The zero-order valence-corrected chi connectivity index (χ0v) is 15.0. The summed E-state index contributed by atoms with van der Waals surface area (Å²) >= 11 is 7.31. The van der Waals surface area contributed by atoms with Gasteiger partial charge in [-0.15, -0.1) is 11.3 Å². The van der Waals surface area contributed by atoms with Crippen LogP contribution >= 0.6 is 22.9 Å². The van der Waals surface area contributed by atoms with E-state index in [1.54, 1.807) is 31.2 Å². The molecule has 1 N–H and O–H groups in total. The van der Waals surface area contributed by atoms with Gasteiger partial charge in [-0.25, -0.2) is 4.98 Å². The van der Waals surface area contributed by atoms with E-state index in [9.17, 15) is 4.79 Å². The Hall–Kier alpha value is -2.18. The zero-order valence-electron chi connectivity index (χ0n) is 13.5. The Morgan fingerprint density at radius 1 is 1.29 bits per heavy atom. The fourth-order valence-electron chi connectivity index (χ4n) is 2.21. The third-order valence-corrected chi connectivity index (χ3v) is 4.57. The molecule has 124 valence electrons. The number of carbonyl (C=O) groups is 1. The number of halogens is 1. The molecule has 0 aliphatic carbocycles. The monoisotopic (exact) mass is 361 g/mol. The maximum atomic E-state index is 12.7.